The number of benzene rings is 1. The molecular formula is C16H19NO4. The molecule has 5 heteroatoms. The summed E-state index contributed by atoms with van der Waals surface area (Å²) in [5.74, 6) is -0.246. The fourth-order valence-corrected chi connectivity index (χ4v) is 3.12. The molecule has 0 aliphatic carbocycles. The zero-order valence-corrected chi connectivity index (χ0v) is 12.1. The highest BCUT2D eigenvalue weighted by Gasteiger charge is 2.47. The van der Waals surface area contributed by atoms with E-state index in [9.17, 15) is 9.59 Å². The minimum atomic E-state index is -0.546. The van der Waals surface area contributed by atoms with Crippen LogP contribution in [0, 0.1) is 0 Å². The Balaban J connectivity index is 1.72. The molecular weight excluding hydrogens is 270 g/mol. The van der Waals surface area contributed by atoms with Gasteiger partial charge in [0, 0.05) is 38.1 Å². The minimum absolute atomic E-state index is 0.00399. The molecule has 0 unspecified atom stereocenters. The third-order valence-corrected chi connectivity index (χ3v) is 4.28. The highest BCUT2D eigenvalue weighted by molar-refractivity contribution is 5.94. The lowest BCUT2D eigenvalue weighted by molar-refractivity contribution is -0.140. The highest BCUT2D eigenvalue weighted by atomic mass is 16.6. The first-order valence-corrected chi connectivity index (χ1v) is 7.35. The van der Waals surface area contributed by atoms with Gasteiger partial charge < -0.3 is 14.4 Å². The predicted molar refractivity (Wildman–Crippen MR) is 75.8 cm³/mol. The van der Waals surface area contributed by atoms with Crippen molar-refractivity contribution in [3.63, 3.8) is 0 Å². The Bertz CT molecular complexity index is 561. The second-order valence-electron chi connectivity index (χ2n) is 5.45. The SMILES string of the molecule is CCOCC(=O)N1CCC2(CC1)OC(=O)c1ccccc12. The van der Waals surface area contributed by atoms with Crippen LogP contribution in [0.15, 0.2) is 24.3 Å². The van der Waals surface area contributed by atoms with Gasteiger partial charge in [-0.3, -0.25) is 4.79 Å². The lowest BCUT2D eigenvalue weighted by Crippen LogP contribution is -2.46. The normalized spacial score (nSPS) is 19.5. The van der Waals surface area contributed by atoms with Crippen molar-refractivity contribution in [1.82, 2.24) is 4.90 Å². The maximum absolute atomic E-state index is 12.0. The first-order chi connectivity index (χ1) is 10.2. The summed E-state index contributed by atoms with van der Waals surface area (Å²) in [6, 6.07) is 7.53. The predicted octanol–water partition coefficient (Wildman–Crippen LogP) is 1.71. The van der Waals surface area contributed by atoms with Gasteiger partial charge in [-0.1, -0.05) is 18.2 Å². The Hall–Kier alpha value is -1.88. The van der Waals surface area contributed by atoms with Crippen molar-refractivity contribution >= 4 is 11.9 Å². The Labute approximate surface area is 123 Å². The number of hydrogen-bond donors (Lipinski definition) is 0. The van der Waals surface area contributed by atoms with Crippen molar-refractivity contribution in [3.05, 3.63) is 35.4 Å². The van der Waals surface area contributed by atoms with Crippen molar-refractivity contribution in [2.24, 2.45) is 0 Å². The summed E-state index contributed by atoms with van der Waals surface area (Å²) in [5.41, 5.74) is 1.08. The van der Waals surface area contributed by atoms with E-state index in [4.69, 9.17) is 9.47 Å². The first kappa shape index (κ1) is 14.1. The summed E-state index contributed by atoms with van der Waals surface area (Å²) in [4.78, 5) is 25.7. The molecule has 0 bridgehead atoms. The zero-order valence-electron chi connectivity index (χ0n) is 12.1. The fourth-order valence-electron chi connectivity index (χ4n) is 3.12. The van der Waals surface area contributed by atoms with E-state index in [1.165, 1.54) is 0 Å². The van der Waals surface area contributed by atoms with E-state index >= 15 is 0 Å². The van der Waals surface area contributed by atoms with Gasteiger partial charge in [0.25, 0.3) is 0 Å². The van der Waals surface area contributed by atoms with Gasteiger partial charge in [0.05, 0.1) is 5.56 Å². The van der Waals surface area contributed by atoms with E-state index in [1.807, 2.05) is 25.1 Å². The fraction of sp³-hybridized carbons (Fsp3) is 0.500. The van der Waals surface area contributed by atoms with E-state index in [1.54, 1.807) is 11.0 Å². The summed E-state index contributed by atoms with van der Waals surface area (Å²) < 4.78 is 10.8. The molecule has 112 valence electrons. The summed E-state index contributed by atoms with van der Waals surface area (Å²) >= 11 is 0. The van der Waals surface area contributed by atoms with Gasteiger partial charge in [-0.05, 0) is 13.0 Å². The molecule has 1 saturated heterocycles. The second-order valence-corrected chi connectivity index (χ2v) is 5.45. The van der Waals surface area contributed by atoms with Crippen LogP contribution in [0.3, 0.4) is 0 Å². The van der Waals surface area contributed by atoms with Crippen LogP contribution in [0.25, 0.3) is 0 Å². The van der Waals surface area contributed by atoms with Gasteiger partial charge in [-0.15, -0.1) is 0 Å². The number of piperidine rings is 1. The zero-order chi connectivity index (χ0) is 14.9. The van der Waals surface area contributed by atoms with Crippen LogP contribution in [0.4, 0.5) is 0 Å². The first-order valence-electron chi connectivity index (χ1n) is 7.35. The van der Waals surface area contributed by atoms with Crippen molar-refractivity contribution in [3.8, 4) is 0 Å². The average Bonchev–Trinajstić information content (AvgIpc) is 2.79. The number of nitrogens with zero attached hydrogens (tertiary/aromatic N) is 1. The number of likely N-dealkylation sites (tertiary alicyclic amines) is 1. The highest BCUT2D eigenvalue weighted by Crippen LogP contribution is 2.43. The van der Waals surface area contributed by atoms with Gasteiger partial charge >= 0.3 is 5.97 Å². The number of amides is 1. The Morgan fingerprint density at radius 3 is 2.76 bits per heavy atom. The van der Waals surface area contributed by atoms with Crippen LogP contribution in [0.1, 0.15) is 35.7 Å². The van der Waals surface area contributed by atoms with Crippen molar-refractivity contribution in [1.29, 1.82) is 0 Å². The van der Waals surface area contributed by atoms with Gasteiger partial charge in [-0.2, -0.15) is 0 Å². The monoisotopic (exact) mass is 289 g/mol. The van der Waals surface area contributed by atoms with Crippen LogP contribution < -0.4 is 0 Å². The van der Waals surface area contributed by atoms with Crippen molar-refractivity contribution in [2.75, 3.05) is 26.3 Å². The van der Waals surface area contributed by atoms with E-state index in [0.717, 1.165) is 5.56 Å². The summed E-state index contributed by atoms with van der Waals surface area (Å²) in [7, 11) is 0. The van der Waals surface area contributed by atoms with E-state index < -0.39 is 5.60 Å². The lowest BCUT2D eigenvalue weighted by atomic mass is 9.84. The molecule has 1 aromatic rings. The number of hydrogen-bond acceptors (Lipinski definition) is 4. The third-order valence-electron chi connectivity index (χ3n) is 4.28. The van der Waals surface area contributed by atoms with Crippen molar-refractivity contribution in [2.45, 2.75) is 25.4 Å². The van der Waals surface area contributed by atoms with Gasteiger partial charge in [0.2, 0.25) is 5.91 Å². The number of carbonyl (C=O) groups is 2. The molecule has 21 heavy (non-hydrogen) atoms. The van der Waals surface area contributed by atoms with E-state index in [0.29, 0.717) is 38.1 Å². The molecule has 0 saturated carbocycles. The largest absolute Gasteiger partial charge is 0.450 e. The molecule has 0 radical (unpaired) electrons. The van der Waals surface area contributed by atoms with Gasteiger partial charge in [-0.25, -0.2) is 4.79 Å². The Kier molecular flexibility index (Phi) is 3.68. The van der Waals surface area contributed by atoms with Gasteiger partial charge in [0.15, 0.2) is 0 Å². The number of esters is 1. The van der Waals surface area contributed by atoms with E-state index in [2.05, 4.69) is 0 Å². The molecule has 1 aromatic carbocycles. The summed E-state index contributed by atoms with van der Waals surface area (Å²) in [6.45, 7) is 3.71. The number of ether oxygens (including phenoxy) is 2. The van der Waals surface area contributed by atoms with Crippen LogP contribution in [-0.4, -0.2) is 43.1 Å². The van der Waals surface area contributed by atoms with Crippen LogP contribution >= 0.6 is 0 Å². The topological polar surface area (TPSA) is 55.8 Å². The average molecular weight is 289 g/mol. The Morgan fingerprint density at radius 1 is 1.33 bits per heavy atom. The maximum Gasteiger partial charge on any atom is 0.339 e. The van der Waals surface area contributed by atoms with Crippen LogP contribution in [0.5, 0.6) is 0 Å². The van der Waals surface area contributed by atoms with E-state index in [-0.39, 0.29) is 18.5 Å². The number of carbonyl (C=O) groups excluding carboxylic acids is 2. The second kappa shape index (κ2) is 5.48. The number of rotatable bonds is 3. The minimum Gasteiger partial charge on any atom is -0.450 e. The molecule has 2 aliphatic rings. The molecule has 1 amide bonds. The molecule has 1 spiro atoms. The maximum atomic E-state index is 12.0. The molecule has 0 atom stereocenters. The molecule has 3 rings (SSSR count). The molecule has 0 N–H and O–H groups in total. The standard InChI is InChI=1S/C16H19NO4/c1-2-20-11-14(18)17-9-7-16(8-10-17)13-6-4-3-5-12(13)15(19)21-16/h3-6H,2,7-11H2,1H3. The summed E-state index contributed by atoms with van der Waals surface area (Å²) in [5, 5.41) is 0. The third kappa shape index (κ3) is 2.42. The Morgan fingerprint density at radius 2 is 2.05 bits per heavy atom. The smallest absolute Gasteiger partial charge is 0.339 e. The van der Waals surface area contributed by atoms with Gasteiger partial charge in [0.1, 0.15) is 12.2 Å². The molecule has 1 fully saturated rings. The van der Waals surface area contributed by atoms with Crippen LogP contribution in [-0.2, 0) is 19.9 Å². The molecule has 2 heterocycles. The summed E-state index contributed by atoms with van der Waals surface area (Å²) in [6.07, 6.45) is 1.29. The van der Waals surface area contributed by atoms with Crippen molar-refractivity contribution < 1.29 is 19.1 Å². The lowest BCUT2D eigenvalue weighted by Gasteiger charge is -2.38. The van der Waals surface area contributed by atoms with Crippen LogP contribution in [0.2, 0.25) is 0 Å². The number of fused-ring (bicyclic) bond motifs is 2. The quantitative estimate of drug-likeness (QED) is 0.795. The molecule has 0 aromatic heterocycles. The molecule has 2 aliphatic heterocycles. The molecule has 5 nitrogen and oxygen atoms in total.